The molecule has 0 fully saturated rings. The molecule has 1 aliphatic rings. The minimum atomic E-state index is -0.721. The van der Waals surface area contributed by atoms with Gasteiger partial charge in [-0.3, -0.25) is 0 Å². The maximum Gasteiger partial charge on any atom is 0.326 e. The minimum absolute atomic E-state index is 0.105. The van der Waals surface area contributed by atoms with Crippen molar-refractivity contribution in [1.29, 1.82) is 0 Å². The third-order valence-electron chi connectivity index (χ3n) is 3.62. The van der Waals surface area contributed by atoms with Crippen LogP contribution in [0.5, 0.6) is 0 Å². The highest BCUT2D eigenvalue weighted by Gasteiger charge is 2.30. The highest BCUT2D eigenvalue weighted by atomic mass is 16.4. The fraction of sp³-hybridized carbons (Fsp3) is 0.533. The molecule has 0 aromatic heterocycles. The van der Waals surface area contributed by atoms with Gasteiger partial charge in [-0.05, 0) is 36.8 Å². The first-order valence-corrected chi connectivity index (χ1v) is 6.68. The van der Waals surface area contributed by atoms with Crippen LogP contribution in [0.3, 0.4) is 0 Å². The maximum absolute atomic E-state index is 11.5. The molecule has 1 heterocycles. The summed E-state index contributed by atoms with van der Waals surface area (Å²) in [6, 6.07) is 7.78. The van der Waals surface area contributed by atoms with Gasteiger partial charge in [0.25, 0.3) is 0 Å². The Kier molecular flexibility index (Phi) is 3.90. The van der Waals surface area contributed by atoms with Crippen molar-refractivity contribution in [3.05, 3.63) is 29.8 Å². The molecule has 0 radical (unpaired) electrons. The Morgan fingerprint density at radius 1 is 1.28 bits per heavy atom. The number of para-hydroxylation sites is 1. The van der Waals surface area contributed by atoms with Crippen molar-refractivity contribution in [2.24, 2.45) is 5.92 Å². The van der Waals surface area contributed by atoms with Gasteiger partial charge in [0, 0.05) is 12.2 Å². The number of carbonyl (C=O) groups is 1. The van der Waals surface area contributed by atoms with Crippen LogP contribution in [-0.4, -0.2) is 23.7 Å². The Labute approximate surface area is 108 Å². The van der Waals surface area contributed by atoms with E-state index in [0.717, 1.165) is 31.5 Å². The van der Waals surface area contributed by atoms with Gasteiger partial charge in [-0.15, -0.1) is 0 Å². The van der Waals surface area contributed by atoms with E-state index in [1.54, 1.807) is 0 Å². The Balaban J connectivity index is 2.40. The number of aryl methyl sites for hydroxylation is 1. The van der Waals surface area contributed by atoms with Crippen LogP contribution in [0.15, 0.2) is 24.3 Å². The lowest BCUT2D eigenvalue weighted by molar-refractivity contribution is -0.139. The second-order valence-electron chi connectivity index (χ2n) is 5.31. The van der Waals surface area contributed by atoms with Crippen molar-refractivity contribution >= 4 is 11.7 Å². The van der Waals surface area contributed by atoms with Gasteiger partial charge in [0.05, 0.1) is 0 Å². The summed E-state index contributed by atoms with van der Waals surface area (Å²) in [5.74, 6) is -0.615. The normalized spacial score (nSPS) is 17.2. The molecule has 0 amide bonds. The van der Waals surface area contributed by atoms with E-state index in [0.29, 0.717) is 0 Å². The van der Waals surface area contributed by atoms with Crippen LogP contribution in [0.1, 0.15) is 32.3 Å². The van der Waals surface area contributed by atoms with Gasteiger partial charge < -0.3 is 10.0 Å². The lowest BCUT2D eigenvalue weighted by Crippen LogP contribution is -2.45. The summed E-state index contributed by atoms with van der Waals surface area (Å²) in [5, 5.41) is 9.47. The van der Waals surface area contributed by atoms with Crippen molar-refractivity contribution in [2.75, 3.05) is 11.4 Å². The Bertz CT molecular complexity index is 428. The molecule has 3 nitrogen and oxygen atoms in total. The second kappa shape index (κ2) is 5.42. The Hall–Kier alpha value is -1.51. The van der Waals surface area contributed by atoms with Crippen molar-refractivity contribution in [1.82, 2.24) is 0 Å². The number of aliphatic carboxylic acids is 1. The van der Waals surface area contributed by atoms with Gasteiger partial charge in [0.1, 0.15) is 6.04 Å². The molecule has 1 N–H and O–H groups in total. The van der Waals surface area contributed by atoms with E-state index in [-0.39, 0.29) is 5.92 Å². The predicted octanol–water partition coefficient (Wildman–Crippen LogP) is 2.94. The lowest BCUT2D eigenvalue weighted by Gasteiger charge is -2.33. The molecule has 0 saturated carbocycles. The molecule has 0 aliphatic carbocycles. The summed E-state index contributed by atoms with van der Waals surface area (Å²) in [6.07, 6.45) is 3.25. The molecule has 2 rings (SSSR count). The standard InChI is InChI=1S/C15H21NO2/c1-11(2)14(15(17)18)16-10-6-5-8-12-7-3-4-9-13(12)16/h3-4,7,9,11,14H,5-6,8,10H2,1-2H3,(H,17,18). The summed E-state index contributed by atoms with van der Waals surface area (Å²) in [6.45, 7) is 4.80. The van der Waals surface area contributed by atoms with Crippen LogP contribution in [-0.2, 0) is 11.2 Å². The van der Waals surface area contributed by atoms with Crippen LogP contribution >= 0.6 is 0 Å². The molecule has 18 heavy (non-hydrogen) atoms. The van der Waals surface area contributed by atoms with Gasteiger partial charge in [0.15, 0.2) is 0 Å². The number of benzene rings is 1. The quantitative estimate of drug-likeness (QED) is 0.892. The molecule has 1 aromatic carbocycles. The molecule has 1 aromatic rings. The van der Waals surface area contributed by atoms with Crippen LogP contribution in [0.25, 0.3) is 0 Å². The van der Waals surface area contributed by atoms with E-state index in [4.69, 9.17) is 0 Å². The van der Waals surface area contributed by atoms with Crippen molar-refractivity contribution in [3.8, 4) is 0 Å². The monoisotopic (exact) mass is 247 g/mol. The zero-order chi connectivity index (χ0) is 13.1. The number of rotatable bonds is 3. The number of hydrogen-bond donors (Lipinski definition) is 1. The van der Waals surface area contributed by atoms with Crippen molar-refractivity contribution in [3.63, 3.8) is 0 Å². The third kappa shape index (κ3) is 2.50. The number of fused-ring (bicyclic) bond motifs is 1. The van der Waals surface area contributed by atoms with Crippen LogP contribution in [0.4, 0.5) is 5.69 Å². The van der Waals surface area contributed by atoms with E-state index >= 15 is 0 Å². The van der Waals surface area contributed by atoms with E-state index in [2.05, 4.69) is 17.0 Å². The highest BCUT2D eigenvalue weighted by molar-refractivity contribution is 5.79. The fourth-order valence-corrected chi connectivity index (χ4v) is 2.79. The van der Waals surface area contributed by atoms with E-state index < -0.39 is 12.0 Å². The van der Waals surface area contributed by atoms with E-state index in [9.17, 15) is 9.90 Å². The molecule has 3 heteroatoms. The number of carboxylic acid groups (broad SMARTS) is 1. The van der Waals surface area contributed by atoms with Crippen LogP contribution in [0, 0.1) is 5.92 Å². The van der Waals surface area contributed by atoms with E-state index in [1.807, 2.05) is 26.0 Å². The molecule has 1 aliphatic heterocycles. The number of anilines is 1. The molecule has 0 saturated heterocycles. The summed E-state index contributed by atoms with van der Waals surface area (Å²) in [4.78, 5) is 13.6. The average Bonchev–Trinajstić information content (AvgIpc) is 2.52. The molecule has 1 atom stereocenters. The fourth-order valence-electron chi connectivity index (χ4n) is 2.79. The van der Waals surface area contributed by atoms with Crippen LogP contribution in [0.2, 0.25) is 0 Å². The molecule has 1 unspecified atom stereocenters. The Morgan fingerprint density at radius 3 is 2.67 bits per heavy atom. The lowest BCUT2D eigenvalue weighted by atomic mass is 10.0. The topological polar surface area (TPSA) is 40.5 Å². The third-order valence-corrected chi connectivity index (χ3v) is 3.62. The first-order chi connectivity index (χ1) is 8.61. The zero-order valence-electron chi connectivity index (χ0n) is 11.1. The number of nitrogens with zero attached hydrogens (tertiary/aromatic N) is 1. The first kappa shape index (κ1) is 12.9. The summed E-state index contributed by atoms with van der Waals surface area (Å²) in [7, 11) is 0. The minimum Gasteiger partial charge on any atom is -0.480 e. The summed E-state index contributed by atoms with van der Waals surface area (Å²) in [5.41, 5.74) is 2.39. The van der Waals surface area contributed by atoms with Gasteiger partial charge in [-0.25, -0.2) is 4.79 Å². The SMILES string of the molecule is CC(C)C(C(=O)O)N1CCCCc2ccccc21. The Morgan fingerprint density at radius 2 is 2.00 bits per heavy atom. The molecule has 0 spiro atoms. The van der Waals surface area contributed by atoms with Crippen molar-refractivity contribution < 1.29 is 9.90 Å². The van der Waals surface area contributed by atoms with Gasteiger partial charge in [-0.1, -0.05) is 32.0 Å². The van der Waals surface area contributed by atoms with E-state index in [1.165, 1.54) is 5.56 Å². The molecular weight excluding hydrogens is 226 g/mol. The molecular formula is C15H21NO2. The smallest absolute Gasteiger partial charge is 0.326 e. The molecule has 0 bridgehead atoms. The maximum atomic E-state index is 11.5. The second-order valence-corrected chi connectivity index (χ2v) is 5.31. The first-order valence-electron chi connectivity index (χ1n) is 6.68. The number of carboxylic acids is 1. The van der Waals surface area contributed by atoms with Gasteiger partial charge in [0.2, 0.25) is 0 Å². The summed E-state index contributed by atoms with van der Waals surface area (Å²) < 4.78 is 0. The van der Waals surface area contributed by atoms with Crippen LogP contribution < -0.4 is 4.90 Å². The average molecular weight is 247 g/mol. The number of hydrogen-bond acceptors (Lipinski definition) is 2. The van der Waals surface area contributed by atoms with Gasteiger partial charge >= 0.3 is 5.97 Å². The zero-order valence-corrected chi connectivity index (χ0v) is 11.1. The summed E-state index contributed by atoms with van der Waals surface area (Å²) >= 11 is 0. The predicted molar refractivity (Wildman–Crippen MR) is 73.0 cm³/mol. The van der Waals surface area contributed by atoms with Crippen molar-refractivity contribution in [2.45, 2.75) is 39.2 Å². The van der Waals surface area contributed by atoms with Gasteiger partial charge in [-0.2, -0.15) is 0 Å². The largest absolute Gasteiger partial charge is 0.480 e. The molecule has 98 valence electrons. The highest BCUT2D eigenvalue weighted by Crippen LogP contribution is 2.29.